The van der Waals surface area contributed by atoms with E-state index in [4.69, 9.17) is 4.74 Å². The minimum Gasteiger partial charge on any atom is -0.381 e. The van der Waals surface area contributed by atoms with Crippen LogP contribution in [0, 0.1) is 0 Å². The molecule has 5 heteroatoms. The second kappa shape index (κ2) is 9.05. The quantitative estimate of drug-likeness (QED) is 0.702. The molecule has 0 bridgehead atoms. The molecule has 0 saturated heterocycles. The number of nitrogens with zero attached hydrogens (tertiary/aromatic N) is 1. The van der Waals surface area contributed by atoms with Gasteiger partial charge in [-0.05, 0) is 19.3 Å². The number of nitrogens with one attached hydrogen (secondary N) is 1. The first-order chi connectivity index (χ1) is 8.79. The molecule has 0 aliphatic heterocycles. The van der Waals surface area contributed by atoms with Crippen LogP contribution in [0.2, 0.25) is 0 Å². The highest BCUT2D eigenvalue weighted by Crippen LogP contribution is 2.13. The molecule has 0 aliphatic rings. The van der Waals surface area contributed by atoms with Gasteiger partial charge >= 0.3 is 0 Å². The van der Waals surface area contributed by atoms with Crippen molar-refractivity contribution < 1.29 is 9.53 Å². The normalized spacial score (nSPS) is 10.6. The van der Waals surface area contributed by atoms with Gasteiger partial charge in [-0.1, -0.05) is 20.3 Å². The molecule has 1 aromatic rings. The van der Waals surface area contributed by atoms with Crippen molar-refractivity contribution in [1.29, 1.82) is 0 Å². The molecule has 0 unspecified atom stereocenters. The standard InChI is InChI=1S/C13H22N2O2S/c1-3-5-8-17-9-6-7-14-13(16)12-11(4-2)15-10-18-12/h10H,3-9H2,1-2H3,(H,14,16). The Kier molecular flexibility index (Phi) is 7.60. The van der Waals surface area contributed by atoms with Gasteiger partial charge < -0.3 is 10.1 Å². The number of ether oxygens (including phenoxy) is 1. The highest BCUT2D eigenvalue weighted by Gasteiger charge is 2.12. The van der Waals surface area contributed by atoms with Crippen molar-refractivity contribution in [2.45, 2.75) is 39.5 Å². The topological polar surface area (TPSA) is 51.2 Å². The van der Waals surface area contributed by atoms with Crippen molar-refractivity contribution in [2.75, 3.05) is 19.8 Å². The first kappa shape index (κ1) is 15.1. The minimum absolute atomic E-state index is 0.0112. The number of amides is 1. The van der Waals surface area contributed by atoms with Gasteiger partial charge in [0.2, 0.25) is 0 Å². The number of aromatic nitrogens is 1. The maximum Gasteiger partial charge on any atom is 0.263 e. The van der Waals surface area contributed by atoms with Crippen molar-refractivity contribution in [3.05, 3.63) is 16.1 Å². The van der Waals surface area contributed by atoms with Crippen LogP contribution in [0.5, 0.6) is 0 Å². The largest absolute Gasteiger partial charge is 0.381 e. The van der Waals surface area contributed by atoms with Crippen LogP contribution in [-0.2, 0) is 11.2 Å². The molecule has 1 heterocycles. The average molecular weight is 270 g/mol. The van der Waals surface area contributed by atoms with Crippen LogP contribution in [0.15, 0.2) is 5.51 Å². The van der Waals surface area contributed by atoms with Crippen LogP contribution in [0.1, 0.15) is 48.5 Å². The molecule has 0 aliphatic carbocycles. The Bertz CT molecular complexity index is 353. The first-order valence-corrected chi connectivity index (χ1v) is 7.45. The number of carbonyl (C=O) groups excluding carboxylic acids is 1. The zero-order chi connectivity index (χ0) is 13.2. The van der Waals surface area contributed by atoms with Crippen molar-refractivity contribution in [3.8, 4) is 0 Å². The number of aryl methyl sites for hydroxylation is 1. The van der Waals surface area contributed by atoms with E-state index in [1.54, 1.807) is 5.51 Å². The Morgan fingerprint density at radius 3 is 2.89 bits per heavy atom. The predicted molar refractivity (Wildman–Crippen MR) is 74.2 cm³/mol. The zero-order valence-corrected chi connectivity index (χ0v) is 12.0. The fourth-order valence-corrected chi connectivity index (χ4v) is 2.31. The van der Waals surface area contributed by atoms with Gasteiger partial charge in [0.05, 0.1) is 11.2 Å². The Balaban J connectivity index is 2.14. The van der Waals surface area contributed by atoms with Gasteiger partial charge in [-0.3, -0.25) is 4.79 Å². The lowest BCUT2D eigenvalue weighted by Gasteiger charge is -2.05. The zero-order valence-electron chi connectivity index (χ0n) is 11.2. The van der Waals surface area contributed by atoms with E-state index in [0.717, 1.165) is 42.9 Å². The molecule has 102 valence electrons. The third-order valence-corrected chi connectivity index (χ3v) is 3.44. The monoisotopic (exact) mass is 270 g/mol. The molecule has 1 rings (SSSR count). The minimum atomic E-state index is -0.0112. The second-order valence-corrected chi connectivity index (χ2v) is 4.91. The highest BCUT2D eigenvalue weighted by molar-refractivity contribution is 7.11. The number of hydrogen-bond donors (Lipinski definition) is 1. The van der Waals surface area contributed by atoms with E-state index in [0.29, 0.717) is 13.2 Å². The molecular weight excluding hydrogens is 248 g/mol. The van der Waals surface area contributed by atoms with Crippen molar-refractivity contribution >= 4 is 17.2 Å². The Morgan fingerprint density at radius 1 is 1.39 bits per heavy atom. The SMILES string of the molecule is CCCCOCCCNC(=O)c1scnc1CC. The number of thiazole rings is 1. The van der Waals surface area contributed by atoms with E-state index in [2.05, 4.69) is 17.2 Å². The van der Waals surface area contributed by atoms with Crippen LogP contribution in [0.25, 0.3) is 0 Å². The van der Waals surface area contributed by atoms with Gasteiger partial charge in [0.1, 0.15) is 4.88 Å². The number of rotatable bonds is 9. The van der Waals surface area contributed by atoms with Crippen LogP contribution in [0.4, 0.5) is 0 Å². The number of carbonyl (C=O) groups is 1. The summed E-state index contributed by atoms with van der Waals surface area (Å²) in [4.78, 5) is 16.7. The van der Waals surface area contributed by atoms with Crippen LogP contribution in [-0.4, -0.2) is 30.6 Å². The van der Waals surface area contributed by atoms with Crippen molar-refractivity contribution in [2.24, 2.45) is 0 Å². The van der Waals surface area contributed by atoms with Crippen molar-refractivity contribution in [3.63, 3.8) is 0 Å². The summed E-state index contributed by atoms with van der Waals surface area (Å²) in [6.07, 6.45) is 3.91. The summed E-state index contributed by atoms with van der Waals surface area (Å²) in [6.45, 7) is 6.34. The maximum atomic E-state index is 11.8. The van der Waals surface area contributed by atoms with E-state index in [-0.39, 0.29) is 5.91 Å². The van der Waals surface area contributed by atoms with E-state index < -0.39 is 0 Å². The van der Waals surface area contributed by atoms with Crippen molar-refractivity contribution in [1.82, 2.24) is 10.3 Å². The van der Waals surface area contributed by atoms with Gasteiger partial charge in [0, 0.05) is 19.8 Å². The summed E-state index contributed by atoms with van der Waals surface area (Å²) in [5.74, 6) is -0.0112. The van der Waals surface area contributed by atoms with Gasteiger partial charge in [-0.25, -0.2) is 4.98 Å². The molecule has 4 nitrogen and oxygen atoms in total. The molecule has 1 aromatic heterocycles. The molecule has 0 radical (unpaired) electrons. The Morgan fingerprint density at radius 2 is 2.17 bits per heavy atom. The molecule has 0 fully saturated rings. The lowest BCUT2D eigenvalue weighted by Crippen LogP contribution is -2.25. The summed E-state index contributed by atoms with van der Waals surface area (Å²) >= 11 is 1.40. The molecule has 18 heavy (non-hydrogen) atoms. The molecular formula is C13H22N2O2S. The second-order valence-electron chi connectivity index (χ2n) is 4.06. The summed E-state index contributed by atoms with van der Waals surface area (Å²) in [5.41, 5.74) is 2.61. The van der Waals surface area contributed by atoms with Crippen LogP contribution < -0.4 is 5.32 Å². The smallest absolute Gasteiger partial charge is 0.263 e. The van der Waals surface area contributed by atoms with Crippen LogP contribution >= 0.6 is 11.3 Å². The first-order valence-electron chi connectivity index (χ1n) is 6.57. The molecule has 0 spiro atoms. The fourth-order valence-electron chi connectivity index (χ4n) is 1.51. The number of unbranched alkanes of at least 4 members (excludes halogenated alkanes) is 1. The highest BCUT2D eigenvalue weighted by atomic mass is 32.1. The lowest BCUT2D eigenvalue weighted by molar-refractivity contribution is 0.0943. The molecule has 0 atom stereocenters. The summed E-state index contributed by atoms with van der Waals surface area (Å²) in [6, 6.07) is 0. The van der Waals surface area contributed by atoms with Crippen LogP contribution in [0.3, 0.4) is 0 Å². The summed E-state index contributed by atoms with van der Waals surface area (Å²) < 4.78 is 5.43. The molecule has 0 aromatic carbocycles. The van der Waals surface area contributed by atoms with Gasteiger partial charge in [0.15, 0.2) is 0 Å². The Hall–Kier alpha value is -0.940. The number of hydrogen-bond acceptors (Lipinski definition) is 4. The maximum absolute atomic E-state index is 11.8. The van der Waals surface area contributed by atoms with Gasteiger partial charge in [-0.2, -0.15) is 0 Å². The predicted octanol–water partition coefficient (Wildman–Crippen LogP) is 2.64. The summed E-state index contributed by atoms with van der Waals surface area (Å²) in [5, 5.41) is 2.90. The molecule has 0 saturated carbocycles. The van der Waals surface area contributed by atoms with Gasteiger partial charge in [-0.15, -0.1) is 11.3 Å². The Labute approximate surface area is 113 Å². The van der Waals surface area contributed by atoms with E-state index >= 15 is 0 Å². The molecule has 1 N–H and O–H groups in total. The fraction of sp³-hybridized carbons (Fsp3) is 0.692. The summed E-state index contributed by atoms with van der Waals surface area (Å²) in [7, 11) is 0. The molecule has 1 amide bonds. The third-order valence-electron chi connectivity index (χ3n) is 2.58. The third kappa shape index (κ3) is 5.14. The van der Waals surface area contributed by atoms with E-state index in [9.17, 15) is 4.79 Å². The van der Waals surface area contributed by atoms with E-state index in [1.165, 1.54) is 11.3 Å². The van der Waals surface area contributed by atoms with Gasteiger partial charge in [0.25, 0.3) is 5.91 Å². The lowest BCUT2D eigenvalue weighted by atomic mass is 10.3. The average Bonchev–Trinajstić information content (AvgIpc) is 2.85. The van der Waals surface area contributed by atoms with E-state index in [1.807, 2.05) is 6.92 Å².